The van der Waals surface area contributed by atoms with Gasteiger partial charge in [-0.2, -0.15) is 15.0 Å². The highest BCUT2D eigenvalue weighted by atomic mass is 28.3. The summed E-state index contributed by atoms with van der Waals surface area (Å²) in [6.07, 6.45) is 6.09. The van der Waals surface area contributed by atoms with Gasteiger partial charge in [0.1, 0.15) is 6.67 Å². The van der Waals surface area contributed by atoms with Crippen molar-refractivity contribution >= 4 is 51.8 Å². The molecule has 0 saturated heterocycles. The average molecular weight is 611 g/mol. The number of carbonyl (C=O) groups is 1. The lowest BCUT2D eigenvalue weighted by Crippen LogP contribution is -2.41. The number of nitrogens with one attached hydrogen (secondary N) is 2. The van der Waals surface area contributed by atoms with E-state index in [0.717, 1.165) is 24.7 Å². The fourth-order valence-corrected chi connectivity index (χ4v) is 5.91. The molecule has 0 fully saturated rings. The number of aliphatic imine (C=N–C) groups is 3. The molecule has 12 heteroatoms. The monoisotopic (exact) mass is 610 g/mol. The second-order valence-electron chi connectivity index (χ2n) is 11.6. The number of para-hydroxylation sites is 2. The molecule has 0 saturated carbocycles. The number of amides is 2. The molecule has 0 bridgehead atoms. The van der Waals surface area contributed by atoms with Gasteiger partial charge in [0.2, 0.25) is 18.2 Å². The summed E-state index contributed by atoms with van der Waals surface area (Å²) in [7, 11) is -1.95. The number of rotatable bonds is 14. The van der Waals surface area contributed by atoms with Crippen LogP contribution in [0.25, 0.3) is 0 Å². The number of hydrogen-bond donors (Lipinski definition) is 2. The molecule has 0 aliphatic carbocycles. The highest BCUT2D eigenvalue weighted by molar-refractivity contribution is 6.76. The second kappa shape index (κ2) is 22.7. The van der Waals surface area contributed by atoms with Gasteiger partial charge in [-0.05, 0) is 37.1 Å². The first kappa shape index (κ1) is 38.1. The highest BCUT2D eigenvalue weighted by Crippen LogP contribution is 2.17. The first-order chi connectivity index (χ1) is 19.9. The molecule has 0 atom stereocenters. The molecule has 2 amide bonds. The van der Waals surface area contributed by atoms with Crippen molar-refractivity contribution in [3.8, 4) is 0 Å². The molecule has 2 aromatic rings. The van der Waals surface area contributed by atoms with Crippen molar-refractivity contribution in [2.45, 2.75) is 64.2 Å². The third kappa shape index (κ3) is 22.9. The normalized spacial score (nSPS) is 10.0. The minimum atomic E-state index is -1.12. The predicted molar refractivity (Wildman–Crippen MR) is 177 cm³/mol. The molecule has 0 aromatic heterocycles. The molecular weight excluding hydrogens is 565 g/mol. The predicted octanol–water partition coefficient (Wildman–Crippen LogP) is 6.67. The van der Waals surface area contributed by atoms with Gasteiger partial charge in [0.05, 0.1) is 0 Å². The van der Waals surface area contributed by atoms with Crippen LogP contribution in [0.1, 0.15) is 12.8 Å². The number of hydrogen-bond acceptors (Lipinski definition) is 8. The summed E-state index contributed by atoms with van der Waals surface area (Å²) >= 11 is 0. The quantitative estimate of drug-likeness (QED) is 0.107. The van der Waals surface area contributed by atoms with Gasteiger partial charge in [-0.3, -0.25) is 4.90 Å². The fraction of sp³-hybridized carbons (Fsp3) is 0.467. The Labute approximate surface area is 252 Å². The van der Waals surface area contributed by atoms with Crippen molar-refractivity contribution in [1.82, 2.24) is 5.32 Å². The summed E-state index contributed by atoms with van der Waals surface area (Å²) in [6, 6.07) is 22.3. The number of isocyanates is 3. The van der Waals surface area contributed by atoms with E-state index in [4.69, 9.17) is 0 Å². The maximum absolute atomic E-state index is 12.2. The number of nitrogens with zero attached hydrogens (tertiary/aromatic N) is 4. The molecule has 0 radical (unpaired) electrons. The van der Waals surface area contributed by atoms with Gasteiger partial charge >= 0.3 is 6.03 Å². The van der Waals surface area contributed by atoms with E-state index in [1.54, 1.807) is 4.90 Å². The lowest BCUT2D eigenvalue weighted by atomic mass is 10.3. The van der Waals surface area contributed by atoms with Gasteiger partial charge in [0.25, 0.3) is 0 Å². The molecule has 0 spiro atoms. The minimum Gasteiger partial charge on any atom is -0.385 e. The van der Waals surface area contributed by atoms with Crippen LogP contribution in [0.2, 0.25) is 51.4 Å². The first-order valence-corrected chi connectivity index (χ1v) is 21.3. The van der Waals surface area contributed by atoms with Gasteiger partial charge in [-0.1, -0.05) is 87.8 Å². The highest BCUT2D eigenvalue weighted by Gasteiger charge is 2.18. The lowest BCUT2D eigenvalue weighted by Gasteiger charge is -2.24. The second-order valence-corrected chi connectivity index (χ2v) is 22.9. The third-order valence-corrected chi connectivity index (χ3v) is 9.18. The Bertz CT molecular complexity index is 1140. The maximum atomic E-state index is 12.2. The van der Waals surface area contributed by atoms with Crippen LogP contribution in [0.5, 0.6) is 0 Å². The van der Waals surface area contributed by atoms with Crippen LogP contribution < -0.4 is 15.5 Å². The summed E-state index contributed by atoms with van der Waals surface area (Å²) < 4.78 is 0. The van der Waals surface area contributed by atoms with Gasteiger partial charge in [-0.15, -0.1) is 0 Å². The van der Waals surface area contributed by atoms with E-state index in [-0.39, 0.29) is 19.4 Å². The van der Waals surface area contributed by atoms with Crippen molar-refractivity contribution < 1.29 is 19.2 Å². The largest absolute Gasteiger partial charge is 0.385 e. The van der Waals surface area contributed by atoms with E-state index in [1.807, 2.05) is 36.4 Å². The molecule has 0 aliphatic rings. The van der Waals surface area contributed by atoms with E-state index in [9.17, 15) is 19.2 Å². The minimum absolute atomic E-state index is 0.0420. The smallest absolute Gasteiger partial charge is 0.323 e. The molecule has 2 aromatic carbocycles. The van der Waals surface area contributed by atoms with Crippen LogP contribution in [-0.4, -0.2) is 66.8 Å². The Hall–Kier alpha value is -3.92. The van der Waals surface area contributed by atoms with E-state index in [2.05, 4.69) is 89.2 Å². The van der Waals surface area contributed by atoms with Crippen LogP contribution in [-0.2, 0) is 14.4 Å². The lowest BCUT2D eigenvalue weighted by molar-refractivity contribution is 0.246. The number of anilines is 2. The standard InChI is InChI=1S/C15H23N3O2Si.C12H21NSi.C3H2N2O2/c1-21(2,3)11-7-10-18(14-8-5-4-6-9-14)15(20)17-12-16-13-19;1-14(2,3)11-7-10-13-12-8-5-4-6-9-12;6-2-4-1-5-3-7/h4-6,8-9H,7,10-12H2,1-3H3,(H,17,20);4-6,8-9,13H,7,10-11H2,1-3H3;1H2. The number of benzene rings is 2. The van der Waals surface area contributed by atoms with Crippen LogP contribution in [0.3, 0.4) is 0 Å². The Morgan fingerprint density at radius 1 is 0.738 bits per heavy atom. The molecule has 0 unspecified atom stereocenters. The number of urea groups is 1. The molecule has 0 heterocycles. The zero-order valence-electron chi connectivity index (χ0n) is 25.9. The molecule has 0 aliphatic heterocycles. The average Bonchev–Trinajstić information content (AvgIpc) is 2.94. The summed E-state index contributed by atoms with van der Waals surface area (Å²) in [4.78, 5) is 51.6. The molecule has 42 heavy (non-hydrogen) atoms. The molecule has 10 nitrogen and oxygen atoms in total. The molecule has 228 valence electrons. The van der Waals surface area contributed by atoms with E-state index >= 15 is 0 Å². The summed E-state index contributed by atoms with van der Waals surface area (Å²) in [6.45, 7) is 15.8. The summed E-state index contributed by atoms with van der Waals surface area (Å²) in [5.74, 6) is 0. The SMILES string of the molecule is C[Si](C)(C)CCCN(C(=O)NCN=C=O)c1ccccc1.C[Si](C)(C)CCCNc1ccccc1.O=C=NCN=C=O. The van der Waals surface area contributed by atoms with Crippen LogP contribution >= 0.6 is 0 Å². The zero-order valence-corrected chi connectivity index (χ0v) is 27.9. The molecular formula is C30H46N6O4Si2. The van der Waals surface area contributed by atoms with Crippen molar-refractivity contribution in [1.29, 1.82) is 0 Å². The summed E-state index contributed by atoms with van der Waals surface area (Å²) in [5, 5.41) is 6.04. The van der Waals surface area contributed by atoms with Gasteiger partial charge in [0.15, 0.2) is 6.67 Å². The van der Waals surface area contributed by atoms with Crippen LogP contribution in [0, 0.1) is 0 Å². The van der Waals surface area contributed by atoms with Gasteiger partial charge in [-0.25, -0.2) is 19.2 Å². The molecule has 2 rings (SSSR count). The van der Waals surface area contributed by atoms with Gasteiger partial charge in [0, 0.05) is 40.6 Å². The first-order valence-electron chi connectivity index (χ1n) is 13.9. The van der Waals surface area contributed by atoms with Crippen molar-refractivity contribution in [2.24, 2.45) is 15.0 Å². The van der Waals surface area contributed by atoms with Crippen molar-refractivity contribution in [3.05, 3.63) is 60.7 Å². The Morgan fingerprint density at radius 2 is 1.24 bits per heavy atom. The third-order valence-electron chi connectivity index (χ3n) is 5.47. The van der Waals surface area contributed by atoms with Gasteiger partial charge < -0.3 is 10.6 Å². The van der Waals surface area contributed by atoms with Crippen LogP contribution in [0.15, 0.2) is 75.6 Å². The van der Waals surface area contributed by atoms with E-state index in [0.29, 0.717) is 6.54 Å². The maximum Gasteiger partial charge on any atom is 0.323 e. The van der Waals surface area contributed by atoms with E-state index in [1.165, 1.54) is 36.4 Å². The Kier molecular flexibility index (Phi) is 20.6. The van der Waals surface area contributed by atoms with Crippen molar-refractivity contribution in [2.75, 3.05) is 36.6 Å². The van der Waals surface area contributed by atoms with Crippen LogP contribution in [0.4, 0.5) is 16.2 Å². The van der Waals surface area contributed by atoms with E-state index < -0.39 is 16.1 Å². The summed E-state index contributed by atoms with van der Waals surface area (Å²) in [5.41, 5.74) is 2.09. The topological polar surface area (TPSA) is 133 Å². The Balaban J connectivity index is 0.000000685. The Morgan fingerprint density at radius 3 is 1.74 bits per heavy atom. The molecule has 2 N–H and O–H groups in total. The fourth-order valence-electron chi connectivity index (χ4n) is 3.46. The zero-order chi connectivity index (χ0) is 31.7. The van der Waals surface area contributed by atoms with Crippen molar-refractivity contribution in [3.63, 3.8) is 0 Å². The number of carbonyl (C=O) groups excluding carboxylic acids is 4.